The highest BCUT2D eigenvalue weighted by Crippen LogP contribution is 2.51. The van der Waals surface area contributed by atoms with Gasteiger partial charge in [-0.05, 0) is 191 Å². The predicted octanol–water partition coefficient (Wildman–Crippen LogP) is 31.7. The van der Waals surface area contributed by atoms with Gasteiger partial charge in [-0.15, -0.1) is 22.7 Å². The molecule has 7 nitrogen and oxygen atoms in total. The number of furan rings is 4. The minimum atomic E-state index is 0.845. The van der Waals surface area contributed by atoms with Gasteiger partial charge in [-0.2, -0.15) is 0 Å². The summed E-state index contributed by atoms with van der Waals surface area (Å²) in [6.45, 7) is 0. The number of hydrogen-bond donors (Lipinski definition) is 0. The Labute approximate surface area is 675 Å². The van der Waals surface area contributed by atoms with E-state index >= 15 is 0 Å². The normalized spacial score (nSPS) is 12.1. The van der Waals surface area contributed by atoms with Gasteiger partial charge < -0.3 is 31.4 Å². The molecule has 0 N–H and O–H groups in total. The standard InChI is InChI=1S/C36H21NO2.2C36H21NOS/c1-3-9-22(10-4-1)23-15-18-29-28(21-23)33-30(37(29)24-11-5-2-6-12-24)19-16-25-26-17-20-32-34(36(26)39-35(25)33)27-13-7-8-14-31(27)38-32;1-3-9-22(10-4-1)23-15-18-29-28(21-23)33-30(37(29)24-11-5-2-6-12-24)19-16-25-26-17-20-32-34(36(26)38-35(25)33)27-13-7-8-14-31(27)39-32;1-3-9-22(10-4-1)23-15-18-29-28(21-23)33-30(37(29)24-11-5-2-6-12-24)19-16-25-26-17-20-32-34(36(26)39-35(25)33)27-13-7-8-14-31(27)38-32/h3*1-21H. The summed E-state index contributed by atoms with van der Waals surface area (Å²) in [7, 11) is 0. The lowest BCUT2D eigenvalue weighted by Crippen LogP contribution is -1.92. The summed E-state index contributed by atoms with van der Waals surface area (Å²) in [6.07, 6.45) is 0. The van der Waals surface area contributed by atoms with Gasteiger partial charge in [-0.1, -0.05) is 224 Å². The van der Waals surface area contributed by atoms with Crippen LogP contribution in [0.3, 0.4) is 0 Å². The summed E-state index contributed by atoms with van der Waals surface area (Å²) in [5.74, 6) is 0. The van der Waals surface area contributed by atoms with E-state index in [2.05, 4.69) is 378 Å². The first-order valence-corrected chi connectivity index (χ1v) is 41.2. The average molecular weight is 1530 g/mol. The van der Waals surface area contributed by atoms with Crippen LogP contribution in [0, 0.1) is 0 Å². The number of thiophene rings is 2. The molecule has 0 saturated heterocycles. The van der Waals surface area contributed by atoms with E-state index in [4.69, 9.17) is 17.7 Å². The van der Waals surface area contributed by atoms with E-state index in [-0.39, 0.29) is 0 Å². The molecular weight excluding hydrogens is 1470 g/mol. The molecule has 0 saturated carbocycles. The summed E-state index contributed by atoms with van der Waals surface area (Å²) < 4.78 is 38.5. The number of aromatic nitrogens is 3. The maximum atomic E-state index is 6.94. The molecule has 0 atom stereocenters. The van der Waals surface area contributed by atoms with E-state index in [1.165, 1.54) is 134 Å². The lowest BCUT2D eigenvalue weighted by atomic mass is 10.0. The molecule has 0 fully saturated rings. The van der Waals surface area contributed by atoms with E-state index in [1.807, 2.05) is 40.9 Å². The highest BCUT2D eigenvalue weighted by atomic mass is 32.1. The van der Waals surface area contributed by atoms with Crippen LogP contribution in [0.15, 0.2) is 400 Å². The molecule has 0 aliphatic rings. The van der Waals surface area contributed by atoms with Crippen LogP contribution in [-0.2, 0) is 0 Å². The van der Waals surface area contributed by atoms with Gasteiger partial charge in [0.15, 0.2) is 0 Å². The molecule has 27 rings (SSSR count). The molecule has 0 radical (unpaired) electrons. The van der Waals surface area contributed by atoms with Crippen molar-refractivity contribution in [1.29, 1.82) is 0 Å². The number of nitrogens with zero attached hydrogens (tertiary/aromatic N) is 3. The molecule has 0 amide bonds. The molecule has 9 heterocycles. The van der Waals surface area contributed by atoms with E-state index < -0.39 is 0 Å². The first-order chi connectivity index (χ1) is 58.0. The smallest absolute Gasteiger partial charge is 0.147 e. The molecule has 9 heteroatoms. The molecule has 0 bridgehead atoms. The predicted molar refractivity (Wildman–Crippen MR) is 494 cm³/mol. The maximum Gasteiger partial charge on any atom is 0.147 e. The number of rotatable bonds is 6. The topological polar surface area (TPSA) is 67.3 Å². The fourth-order valence-corrected chi connectivity index (χ4v) is 21.3. The van der Waals surface area contributed by atoms with Crippen molar-refractivity contribution in [2.24, 2.45) is 0 Å². The van der Waals surface area contributed by atoms with Crippen molar-refractivity contribution >= 4 is 216 Å². The van der Waals surface area contributed by atoms with E-state index in [1.54, 1.807) is 0 Å². The Morgan fingerprint density at radius 2 is 0.504 bits per heavy atom. The van der Waals surface area contributed by atoms with Gasteiger partial charge in [0.25, 0.3) is 0 Å². The Morgan fingerprint density at radius 1 is 0.171 bits per heavy atom. The Balaban J connectivity index is 0.0000000980. The van der Waals surface area contributed by atoms with Crippen molar-refractivity contribution in [3.05, 3.63) is 382 Å². The van der Waals surface area contributed by atoms with E-state index in [0.29, 0.717) is 0 Å². The van der Waals surface area contributed by atoms with Gasteiger partial charge in [0, 0.05) is 117 Å². The van der Waals surface area contributed by atoms with Crippen LogP contribution in [0.2, 0.25) is 0 Å². The highest BCUT2D eigenvalue weighted by Gasteiger charge is 2.27. The minimum absolute atomic E-state index is 0.845. The van der Waals surface area contributed by atoms with E-state index in [0.717, 1.165) is 110 Å². The molecule has 117 heavy (non-hydrogen) atoms. The molecule has 9 aromatic heterocycles. The Hall–Kier alpha value is -15.0. The summed E-state index contributed by atoms with van der Waals surface area (Å²) in [6, 6.07) is 136. The van der Waals surface area contributed by atoms with Gasteiger partial charge in [0.1, 0.15) is 44.7 Å². The number of benzene rings is 18. The second kappa shape index (κ2) is 25.8. The van der Waals surface area contributed by atoms with E-state index in [9.17, 15) is 0 Å². The van der Waals surface area contributed by atoms with Crippen LogP contribution in [0.5, 0.6) is 0 Å². The molecule has 0 unspecified atom stereocenters. The maximum absolute atomic E-state index is 6.94. The zero-order valence-electron chi connectivity index (χ0n) is 62.7. The van der Waals surface area contributed by atoms with Crippen molar-refractivity contribution in [2.45, 2.75) is 0 Å². The quantitative estimate of drug-likeness (QED) is 0.166. The second-order valence-corrected chi connectivity index (χ2v) is 32.5. The van der Waals surface area contributed by atoms with Gasteiger partial charge in [0.05, 0.1) is 49.3 Å². The fourth-order valence-electron chi connectivity index (χ4n) is 18.8. The zero-order valence-corrected chi connectivity index (χ0v) is 64.3. The molecule has 0 aliphatic heterocycles. The zero-order chi connectivity index (χ0) is 76.5. The third-order valence-corrected chi connectivity index (χ3v) is 26.4. The van der Waals surface area contributed by atoms with Crippen LogP contribution < -0.4 is 0 Å². The molecule has 546 valence electrons. The highest BCUT2D eigenvalue weighted by molar-refractivity contribution is 7.28. The van der Waals surface area contributed by atoms with Crippen molar-refractivity contribution in [2.75, 3.05) is 0 Å². The van der Waals surface area contributed by atoms with Gasteiger partial charge >= 0.3 is 0 Å². The first-order valence-electron chi connectivity index (χ1n) is 39.6. The third-order valence-electron chi connectivity index (χ3n) is 24.0. The molecule has 27 aromatic rings. The average Bonchev–Trinajstić information content (AvgIpc) is 1.56. The lowest BCUT2D eigenvalue weighted by Gasteiger charge is -2.08. The van der Waals surface area contributed by atoms with Crippen LogP contribution in [0.4, 0.5) is 0 Å². The Bertz CT molecular complexity index is 7930. The van der Waals surface area contributed by atoms with Crippen LogP contribution in [0.1, 0.15) is 0 Å². The largest absolute Gasteiger partial charge is 0.456 e. The van der Waals surface area contributed by atoms with Crippen LogP contribution in [-0.4, -0.2) is 13.7 Å². The molecule has 18 aromatic carbocycles. The lowest BCUT2D eigenvalue weighted by molar-refractivity contribution is 0.664. The van der Waals surface area contributed by atoms with Crippen LogP contribution >= 0.6 is 22.7 Å². The van der Waals surface area contributed by atoms with Gasteiger partial charge in [-0.25, -0.2) is 0 Å². The summed E-state index contributed by atoms with van der Waals surface area (Å²) in [4.78, 5) is 0. The number of hydrogen-bond acceptors (Lipinski definition) is 6. The van der Waals surface area contributed by atoms with Crippen molar-refractivity contribution < 1.29 is 17.7 Å². The third kappa shape index (κ3) is 9.98. The number of fused-ring (bicyclic) bond motifs is 33. The number of para-hydroxylation sites is 5. The van der Waals surface area contributed by atoms with Crippen LogP contribution in [0.25, 0.3) is 244 Å². The Morgan fingerprint density at radius 3 is 0.983 bits per heavy atom. The monoisotopic (exact) mass is 1530 g/mol. The fraction of sp³-hybridized carbons (Fsp3) is 0. The summed E-state index contributed by atoms with van der Waals surface area (Å²) >= 11 is 3.72. The van der Waals surface area contributed by atoms with Gasteiger partial charge in [0.2, 0.25) is 0 Å². The van der Waals surface area contributed by atoms with Crippen molar-refractivity contribution in [1.82, 2.24) is 13.7 Å². The second-order valence-electron chi connectivity index (χ2n) is 30.4. The Kier molecular flexibility index (Phi) is 14.4. The summed E-state index contributed by atoms with van der Waals surface area (Å²) in [5, 5.41) is 21.4. The minimum Gasteiger partial charge on any atom is -0.456 e. The SMILES string of the molecule is c1ccc(-c2ccc3c(c2)c2c4oc5c(ccc6oc7ccccc7c65)c4ccc2n3-c2ccccc2)cc1.c1ccc(-c2ccc3c(c2)c2c4oc5c(ccc6sc7ccccc7c65)c4ccc2n3-c2ccccc2)cc1.c1ccc(-c2ccc3c(c2)c2c4sc5c(ccc6oc7ccccc7c65)c4ccc2n3-c2ccccc2)cc1. The van der Waals surface area contributed by atoms with Crippen molar-refractivity contribution in [3.8, 4) is 50.4 Å². The molecule has 0 spiro atoms. The molecule has 0 aliphatic carbocycles. The summed E-state index contributed by atoms with van der Waals surface area (Å²) in [5.41, 5.74) is 25.1. The molecular formula is C108H63N3O4S2. The van der Waals surface area contributed by atoms with Gasteiger partial charge in [-0.3, -0.25) is 0 Å². The first kappa shape index (κ1) is 65.5. The van der Waals surface area contributed by atoms with Crippen molar-refractivity contribution in [3.63, 3.8) is 0 Å².